The Morgan fingerprint density at radius 3 is 2.82 bits per heavy atom. The maximum atomic E-state index is 11.0. The predicted molar refractivity (Wildman–Crippen MR) is 72.0 cm³/mol. The largest absolute Gasteiger partial charge is 0.385 e. The lowest BCUT2D eigenvalue weighted by Crippen LogP contribution is -2.28. The van der Waals surface area contributed by atoms with Gasteiger partial charge in [-0.2, -0.15) is 0 Å². The molecule has 1 aliphatic carbocycles. The van der Waals surface area contributed by atoms with Crippen LogP contribution in [0.15, 0.2) is 24.3 Å². The highest BCUT2D eigenvalue weighted by Crippen LogP contribution is 2.39. The third kappa shape index (κ3) is 2.71. The van der Waals surface area contributed by atoms with Gasteiger partial charge in [-0.3, -0.25) is 0 Å². The molecule has 0 saturated carbocycles. The molecule has 0 saturated heterocycles. The fraction of sp³-hybridized carbons (Fsp3) is 0.625. The number of rotatable bonds is 3. The van der Waals surface area contributed by atoms with Crippen molar-refractivity contribution in [2.24, 2.45) is 5.92 Å². The third-order valence-corrected chi connectivity index (χ3v) is 4.19. The van der Waals surface area contributed by atoms with Crippen LogP contribution in [0, 0.1) is 5.92 Å². The molecule has 0 bridgehead atoms. The summed E-state index contributed by atoms with van der Waals surface area (Å²) < 4.78 is 0. The first-order valence-electron chi connectivity index (χ1n) is 6.96. The summed E-state index contributed by atoms with van der Waals surface area (Å²) in [5, 5.41) is 11.0. The van der Waals surface area contributed by atoms with Gasteiger partial charge in [-0.25, -0.2) is 0 Å². The van der Waals surface area contributed by atoms with Crippen molar-refractivity contribution in [3.8, 4) is 0 Å². The molecule has 0 amide bonds. The highest BCUT2D eigenvalue weighted by atomic mass is 16.3. The van der Waals surface area contributed by atoms with E-state index in [2.05, 4.69) is 38.1 Å². The summed E-state index contributed by atoms with van der Waals surface area (Å²) in [6.45, 7) is 4.45. The summed E-state index contributed by atoms with van der Waals surface area (Å²) in [7, 11) is 0. The van der Waals surface area contributed by atoms with Gasteiger partial charge in [0.2, 0.25) is 0 Å². The Kier molecular flexibility index (Phi) is 3.88. The Hall–Kier alpha value is -0.820. The third-order valence-electron chi connectivity index (χ3n) is 4.19. The summed E-state index contributed by atoms with van der Waals surface area (Å²) >= 11 is 0. The fourth-order valence-corrected chi connectivity index (χ4v) is 2.99. The lowest BCUT2D eigenvalue weighted by atomic mass is 9.80. The van der Waals surface area contributed by atoms with Crippen molar-refractivity contribution < 1.29 is 5.11 Å². The second-order valence-electron chi connectivity index (χ2n) is 5.61. The van der Waals surface area contributed by atoms with Crippen LogP contribution >= 0.6 is 0 Å². The minimum absolute atomic E-state index is 0.581. The highest BCUT2D eigenvalue weighted by molar-refractivity contribution is 5.33. The van der Waals surface area contributed by atoms with Gasteiger partial charge in [0, 0.05) is 0 Å². The monoisotopic (exact) mass is 232 g/mol. The summed E-state index contributed by atoms with van der Waals surface area (Å²) in [5.74, 6) is 0.589. The summed E-state index contributed by atoms with van der Waals surface area (Å²) in [5.41, 5.74) is 1.97. The smallest absolute Gasteiger partial charge is 0.0901 e. The molecule has 17 heavy (non-hydrogen) atoms. The first-order chi connectivity index (χ1) is 8.15. The standard InChI is InChI=1S/C16H24O/c1-3-13(2)12-16(17)11-7-6-9-14-8-4-5-10-15(14)16/h4-5,8,10,13,17H,3,6-7,9,11-12H2,1-2H3. The molecule has 0 fully saturated rings. The lowest BCUT2D eigenvalue weighted by molar-refractivity contribution is 0.00367. The molecular formula is C16H24O. The average Bonchev–Trinajstić information content (AvgIpc) is 2.50. The fourth-order valence-electron chi connectivity index (χ4n) is 2.99. The van der Waals surface area contributed by atoms with E-state index in [9.17, 15) is 5.11 Å². The first-order valence-corrected chi connectivity index (χ1v) is 6.96. The van der Waals surface area contributed by atoms with E-state index in [-0.39, 0.29) is 0 Å². The predicted octanol–water partition coefficient (Wildman–Crippen LogP) is 4.04. The van der Waals surface area contributed by atoms with Crippen LogP contribution in [0.5, 0.6) is 0 Å². The van der Waals surface area contributed by atoms with Gasteiger partial charge in [-0.05, 0) is 49.1 Å². The van der Waals surface area contributed by atoms with Gasteiger partial charge in [-0.1, -0.05) is 44.5 Å². The topological polar surface area (TPSA) is 20.2 Å². The number of aliphatic hydroxyl groups is 1. The zero-order valence-corrected chi connectivity index (χ0v) is 11.1. The van der Waals surface area contributed by atoms with E-state index in [4.69, 9.17) is 0 Å². The van der Waals surface area contributed by atoms with Crippen LogP contribution < -0.4 is 0 Å². The van der Waals surface area contributed by atoms with Gasteiger partial charge in [0.25, 0.3) is 0 Å². The van der Waals surface area contributed by atoms with Crippen LogP contribution in [-0.4, -0.2) is 5.11 Å². The molecule has 1 aromatic carbocycles. The maximum Gasteiger partial charge on any atom is 0.0901 e. The zero-order valence-electron chi connectivity index (χ0n) is 11.1. The summed E-state index contributed by atoms with van der Waals surface area (Å²) in [4.78, 5) is 0. The van der Waals surface area contributed by atoms with Crippen molar-refractivity contribution >= 4 is 0 Å². The zero-order chi connectivity index (χ0) is 12.3. The van der Waals surface area contributed by atoms with E-state index >= 15 is 0 Å². The van der Waals surface area contributed by atoms with E-state index in [1.54, 1.807) is 0 Å². The molecule has 0 spiro atoms. The van der Waals surface area contributed by atoms with Gasteiger partial charge in [0.05, 0.1) is 5.60 Å². The second kappa shape index (κ2) is 5.22. The van der Waals surface area contributed by atoms with Crippen molar-refractivity contribution in [3.05, 3.63) is 35.4 Å². The Bertz CT molecular complexity index is 372. The van der Waals surface area contributed by atoms with Crippen molar-refractivity contribution in [3.63, 3.8) is 0 Å². The van der Waals surface area contributed by atoms with Crippen molar-refractivity contribution in [1.29, 1.82) is 0 Å². The number of hydrogen-bond acceptors (Lipinski definition) is 1. The van der Waals surface area contributed by atoms with E-state index in [1.165, 1.54) is 17.5 Å². The van der Waals surface area contributed by atoms with Crippen molar-refractivity contribution in [2.45, 2.75) is 58.0 Å². The minimum Gasteiger partial charge on any atom is -0.385 e. The minimum atomic E-state index is -0.581. The Labute approximate surface area is 105 Å². The molecule has 1 N–H and O–H groups in total. The van der Waals surface area contributed by atoms with Crippen LogP contribution in [0.25, 0.3) is 0 Å². The van der Waals surface area contributed by atoms with E-state index in [0.29, 0.717) is 5.92 Å². The van der Waals surface area contributed by atoms with Crippen LogP contribution in [-0.2, 0) is 12.0 Å². The Balaban J connectivity index is 2.32. The van der Waals surface area contributed by atoms with E-state index < -0.39 is 5.60 Å². The molecule has 0 aliphatic heterocycles. The van der Waals surface area contributed by atoms with E-state index in [0.717, 1.165) is 32.1 Å². The molecule has 1 nitrogen and oxygen atoms in total. The molecule has 94 valence electrons. The quantitative estimate of drug-likeness (QED) is 0.780. The first kappa shape index (κ1) is 12.6. The summed E-state index contributed by atoms with van der Waals surface area (Å²) in [6, 6.07) is 8.46. The van der Waals surface area contributed by atoms with Gasteiger partial charge in [0.1, 0.15) is 0 Å². The number of fused-ring (bicyclic) bond motifs is 1. The SMILES string of the molecule is CCC(C)CC1(O)CCCCc2ccccc21. The molecule has 1 heteroatoms. The van der Waals surface area contributed by atoms with Crippen LogP contribution in [0.3, 0.4) is 0 Å². The van der Waals surface area contributed by atoms with Gasteiger partial charge in [-0.15, -0.1) is 0 Å². The summed E-state index contributed by atoms with van der Waals surface area (Å²) in [6.07, 6.45) is 6.44. The van der Waals surface area contributed by atoms with Crippen LogP contribution in [0.1, 0.15) is 57.1 Å². The molecular weight excluding hydrogens is 208 g/mol. The molecule has 0 aromatic heterocycles. The lowest BCUT2D eigenvalue weighted by Gasteiger charge is -2.31. The van der Waals surface area contributed by atoms with Crippen LogP contribution in [0.2, 0.25) is 0 Å². The molecule has 1 aromatic rings. The molecule has 2 rings (SSSR count). The Morgan fingerprint density at radius 1 is 1.29 bits per heavy atom. The maximum absolute atomic E-state index is 11.0. The normalized spacial score (nSPS) is 26.1. The Morgan fingerprint density at radius 2 is 2.06 bits per heavy atom. The van der Waals surface area contributed by atoms with Gasteiger partial charge < -0.3 is 5.11 Å². The van der Waals surface area contributed by atoms with Gasteiger partial charge in [0.15, 0.2) is 0 Å². The highest BCUT2D eigenvalue weighted by Gasteiger charge is 2.33. The van der Waals surface area contributed by atoms with Crippen LogP contribution in [0.4, 0.5) is 0 Å². The van der Waals surface area contributed by atoms with Gasteiger partial charge >= 0.3 is 0 Å². The number of aryl methyl sites for hydroxylation is 1. The van der Waals surface area contributed by atoms with Crippen molar-refractivity contribution in [2.75, 3.05) is 0 Å². The van der Waals surface area contributed by atoms with Crippen molar-refractivity contribution in [1.82, 2.24) is 0 Å². The molecule has 1 aliphatic rings. The molecule has 0 radical (unpaired) electrons. The molecule has 2 unspecified atom stereocenters. The van der Waals surface area contributed by atoms with E-state index in [1.807, 2.05) is 0 Å². The number of hydrogen-bond donors (Lipinski definition) is 1. The average molecular weight is 232 g/mol. The number of benzene rings is 1. The molecule has 2 atom stereocenters. The second-order valence-corrected chi connectivity index (χ2v) is 5.61. The molecule has 0 heterocycles.